The van der Waals surface area contributed by atoms with Gasteiger partial charge in [-0.05, 0) is 31.2 Å². The molecule has 1 saturated heterocycles. The maximum Gasteiger partial charge on any atom is 0.305 e. The van der Waals surface area contributed by atoms with Crippen LogP contribution in [0.3, 0.4) is 0 Å². The van der Waals surface area contributed by atoms with Crippen LogP contribution in [0.15, 0.2) is 23.1 Å². The SMILES string of the molecule is CCOc1ccc(Cl)cc1/C=C1\SC(=S)N(CCC(=O)O)C1=O. The molecule has 0 saturated carbocycles. The molecule has 5 nitrogen and oxygen atoms in total. The van der Waals surface area contributed by atoms with Crippen LogP contribution in [0.1, 0.15) is 18.9 Å². The van der Waals surface area contributed by atoms with Gasteiger partial charge in [0.2, 0.25) is 0 Å². The summed E-state index contributed by atoms with van der Waals surface area (Å²) < 4.78 is 5.87. The van der Waals surface area contributed by atoms with E-state index in [1.54, 1.807) is 24.3 Å². The molecule has 1 aliphatic heterocycles. The quantitative estimate of drug-likeness (QED) is 0.610. The van der Waals surface area contributed by atoms with Crippen molar-refractivity contribution in [3.05, 3.63) is 33.7 Å². The van der Waals surface area contributed by atoms with E-state index >= 15 is 0 Å². The van der Waals surface area contributed by atoms with E-state index in [9.17, 15) is 9.59 Å². The Bertz CT molecular complexity index is 690. The molecule has 1 aliphatic rings. The minimum absolute atomic E-state index is 0.0607. The summed E-state index contributed by atoms with van der Waals surface area (Å²) in [7, 11) is 0. The number of ether oxygens (including phenoxy) is 1. The minimum atomic E-state index is -0.975. The Morgan fingerprint density at radius 2 is 2.26 bits per heavy atom. The highest BCUT2D eigenvalue weighted by Crippen LogP contribution is 2.35. The van der Waals surface area contributed by atoms with Crippen molar-refractivity contribution in [3.63, 3.8) is 0 Å². The van der Waals surface area contributed by atoms with Crippen molar-refractivity contribution in [2.24, 2.45) is 0 Å². The third kappa shape index (κ3) is 4.46. The Hall–Kier alpha value is -1.57. The van der Waals surface area contributed by atoms with Gasteiger partial charge in [0.25, 0.3) is 5.91 Å². The lowest BCUT2D eigenvalue weighted by Gasteiger charge is -2.12. The lowest BCUT2D eigenvalue weighted by atomic mass is 10.2. The smallest absolute Gasteiger partial charge is 0.305 e. The molecule has 1 fully saturated rings. The zero-order valence-corrected chi connectivity index (χ0v) is 14.6. The molecule has 0 aromatic heterocycles. The van der Waals surface area contributed by atoms with Gasteiger partial charge in [-0.2, -0.15) is 0 Å². The van der Waals surface area contributed by atoms with Crippen LogP contribution in [0, 0.1) is 0 Å². The number of nitrogens with zero attached hydrogens (tertiary/aromatic N) is 1. The molecule has 122 valence electrons. The Balaban J connectivity index is 2.27. The predicted octanol–water partition coefficient (Wildman–Crippen LogP) is 3.41. The first-order valence-corrected chi connectivity index (χ1v) is 8.42. The molecule has 1 heterocycles. The van der Waals surface area contributed by atoms with Gasteiger partial charge in [-0.1, -0.05) is 35.6 Å². The van der Waals surface area contributed by atoms with E-state index in [0.717, 1.165) is 11.8 Å². The van der Waals surface area contributed by atoms with Gasteiger partial charge in [0.05, 0.1) is 17.9 Å². The fraction of sp³-hybridized carbons (Fsp3) is 0.267. The van der Waals surface area contributed by atoms with E-state index in [0.29, 0.717) is 32.2 Å². The first-order chi connectivity index (χ1) is 10.9. The summed E-state index contributed by atoms with van der Waals surface area (Å²) in [6.45, 7) is 2.41. The maximum atomic E-state index is 12.4. The number of carbonyl (C=O) groups is 2. The molecule has 8 heteroatoms. The van der Waals surface area contributed by atoms with Gasteiger partial charge < -0.3 is 9.84 Å². The van der Waals surface area contributed by atoms with E-state index in [-0.39, 0.29) is 18.9 Å². The highest BCUT2D eigenvalue weighted by atomic mass is 35.5. The van der Waals surface area contributed by atoms with Crippen LogP contribution in [-0.2, 0) is 9.59 Å². The Labute approximate surface area is 148 Å². The summed E-state index contributed by atoms with van der Waals surface area (Å²) in [6, 6.07) is 5.15. The molecule has 0 atom stereocenters. The number of carboxylic acid groups (broad SMARTS) is 1. The molecule has 0 radical (unpaired) electrons. The summed E-state index contributed by atoms with van der Waals surface area (Å²) in [6.07, 6.45) is 1.51. The van der Waals surface area contributed by atoms with Crippen LogP contribution >= 0.6 is 35.6 Å². The Kier molecular flexibility index (Phi) is 6.04. The first-order valence-electron chi connectivity index (χ1n) is 6.82. The molecule has 1 N–H and O–H groups in total. The number of thioether (sulfide) groups is 1. The molecular formula is C15H14ClNO4S2. The van der Waals surface area contributed by atoms with Crippen LogP contribution in [0.4, 0.5) is 0 Å². The molecule has 0 unspecified atom stereocenters. The van der Waals surface area contributed by atoms with E-state index in [4.69, 9.17) is 33.7 Å². The minimum Gasteiger partial charge on any atom is -0.493 e. The van der Waals surface area contributed by atoms with Gasteiger partial charge in [-0.15, -0.1) is 0 Å². The summed E-state index contributed by atoms with van der Waals surface area (Å²) in [5.74, 6) is -0.659. The normalized spacial score (nSPS) is 16.3. The monoisotopic (exact) mass is 371 g/mol. The number of amides is 1. The van der Waals surface area contributed by atoms with Crippen LogP contribution in [0.25, 0.3) is 6.08 Å². The summed E-state index contributed by atoms with van der Waals surface area (Å²) in [5.41, 5.74) is 0.679. The number of halogens is 1. The van der Waals surface area contributed by atoms with Crippen LogP contribution < -0.4 is 4.74 Å². The molecule has 1 amide bonds. The van der Waals surface area contributed by atoms with Gasteiger partial charge in [0, 0.05) is 17.1 Å². The van der Waals surface area contributed by atoms with Crippen molar-refractivity contribution in [2.45, 2.75) is 13.3 Å². The lowest BCUT2D eigenvalue weighted by molar-refractivity contribution is -0.137. The van der Waals surface area contributed by atoms with Crippen molar-refractivity contribution < 1.29 is 19.4 Å². The maximum absolute atomic E-state index is 12.4. The standard InChI is InChI=1S/C15H14ClNO4S2/c1-2-21-11-4-3-10(16)7-9(11)8-12-14(20)17(15(22)23-12)6-5-13(18)19/h3-4,7-8H,2,5-6H2,1H3,(H,18,19)/b12-8-. The van der Waals surface area contributed by atoms with Crippen molar-refractivity contribution in [3.8, 4) is 5.75 Å². The number of thiocarbonyl (C=S) groups is 1. The highest BCUT2D eigenvalue weighted by Gasteiger charge is 2.32. The van der Waals surface area contributed by atoms with Gasteiger partial charge in [-0.25, -0.2) is 0 Å². The molecule has 0 aliphatic carbocycles. The molecule has 0 bridgehead atoms. The number of aliphatic carboxylic acids is 1. The number of carbonyl (C=O) groups excluding carboxylic acids is 1. The lowest BCUT2D eigenvalue weighted by Crippen LogP contribution is -2.30. The van der Waals surface area contributed by atoms with E-state index in [1.165, 1.54) is 4.90 Å². The molecule has 2 rings (SSSR count). The first kappa shape index (κ1) is 17.8. The third-order valence-corrected chi connectivity index (χ3v) is 4.59. The molecule has 1 aromatic rings. The number of hydrogen-bond acceptors (Lipinski definition) is 5. The van der Waals surface area contributed by atoms with E-state index in [1.807, 2.05) is 6.92 Å². The summed E-state index contributed by atoms with van der Waals surface area (Å²) in [4.78, 5) is 24.7. The molecule has 23 heavy (non-hydrogen) atoms. The zero-order valence-electron chi connectivity index (χ0n) is 12.2. The fourth-order valence-electron chi connectivity index (χ4n) is 1.96. The van der Waals surface area contributed by atoms with E-state index < -0.39 is 5.97 Å². The topological polar surface area (TPSA) is 66.8 Å². The number of hydrogen-bond donors (Lipinski definition) is 1. The predicted molar refractivity (Wildman–Crippen MR) is 94.8 cm³/mol. The van der Waals surface area contributed by atoms with E-state index in [2.05, 4.69) is 0 Å². The highest BCUT2D eigenvalue weighted by molar-refractivity contribution is 8.26. The largest absolute Gasteiger partial charge is 0.493 e. The summed E-state index contributed by atoms with van der Waals surface area (Å²) >= 11 is 12.3. The second-order valence-corrected chi connectivity index (χ2v) is 6.70. The molecule has 0 spiro atoms. The van der Waals surface area contributed by atoms with Gasteiger partial charge >= 0.3 is 5.97 Å². The van der Waals surface area contributed by atoms with Gasteiger partial charge in [0.15, 0.2) is 0 Å². The van der Waals surface area contributed by atoms with Crippen molar-refractivity contribution in [1.82, 2.24) is 4.90 Å². The second kappa shape index (κ2) is 7.81. The average molecular weight is 372 g/mol. The average Bonchev–Trinajstić information content (AvgIpc) is 2.74. The summed E-state index contributed by atoms with van der Waals surface area (Å²) in [5, 5.41) is 9.27. The molecule has 1 aromatic carbocycles. The van der Waals surface area contributed by atoms with Gasteiger partial charge in [-0.3, -0.25) is 14.5 Å². The number of benzene rings is 1. The van der Waals surface area contributed by atoms with Gasteiger partial charge in [0.1, 0.15) is 10.1 Å². The van der Waals surface area contributed by atoms with Crippen molar-refractivity contribution in [1.29, 1.82) is 0 Å². The fourth-order valence-corrected chi connectivity index (χ4v) is 3.44. The van der Waals surface area contributed by atoms with Crippen LogP contribution in [0.5, 0.6) is 5.75 Å². The van der Waals surface area contributed by atoms with Crippen LogP contribution in [0.2, 0.25) is 5.02 Å². The Morgan fingerprint density at radius 3 is 2.91 bits per heavy atom. The number of carboxylic acids is 1. The second-order valence-electron chi connectivity index (χ2n) is 4.59. The number of rotatable bonds is 6. The van der Waals surface area contributed by atoms with Crippen LogP contribution in [-0.4, -0.2) is 39.4 Å². The zero-order chi connectivity index (χ0) is 17.0. The third-order valence-electron chi connectivity index (χ3n) is 2.98. The van der Waals surface area contributed by atoms with Crippen molar-refractivity contribution in [2.75, 3.05) is 13.2 Å². The molecular weight excluding hydrogens is 358 g/mol. The van der Waals surface area contributed by atoms with Crippen molar-refractivity contribution >= 4 is 57.9 Å². The Morgan fingerprint density at radius 1 is 1.52 bits per heavy atom.